The van der Waals surface area contributed by atoms with Gasteiger partial charge in [-0.25, -0.2) is 17.5 Å². The van der Waals surface area contributed by atoms with Gasteiger partial charge in [0, 0.05) is 5.54 Å². The van der Waals surface area contributed by atoms with Crippen molar-refractivity contribution in [3.63, 3.8) is 0 Å². The third-order valence-corrected chi connectivity index (χ3v) is 4.65. The SMILES string of the molecule is CCCC(C)(C)NS(=O)(=O)c1cc(F)ccc1Cl. The van der Waals surface area contributed by atoms with E-state index in [2.05, 4.69) is 4.72 Å². The van der Waals surface area contributed by atoms with Gasteiger partial charge in [0.2, 0.25) is 10.0 Å². The summed E-state index contributed by atoms with van der Waals surface area (Å²) in [7, 11) is -3.82. The zero-order chi connectivity index (χ0) is 14.0. The quantitative estimate of drug-likeness (QED) is 0.905. The molecule has 0 heterocycles. The Morgan fingerprint density at radius 2 is 2.00 bits per heavy atom. The third-order valence-electron chi connectivity index (χ3n) is 2.47. The lowest BCUT2D eigenvalue weighted by atomic mass is 10.0. The van der Waals surface area contributed by atoms with E-state index in [1.54, 1.807) is 13.8 Å². The van der Waals surface area contributed by atoms with E-state index >= 15 is 0 Å². The molecule has 0 saturated heterocycles. The molecule has 6 heteroatoms. The molecule has 0 aliphatic heterocycles. The van der Waals surface area contributed by atoms with E-state index in [0.717, 1.165) is 18.6 Å². The fraction of sp³-hybridized carbons (Fsp3) is 0.500. The molecule has 102 valence electrons. The highest BCUT2D eigenvalue weighted by Gasteiger charge is 2.27. The normalized spacial score (nSPS) is 12.7. The van der Waals surface area contributed by atoms with E-state index < -0.39 is 21.4 Å². The van der Waals surface area contributed by atoms with Crippen molar-refractivity contribution in [2.75, 3.05) is 0 Å². The zero-order valence-electron chi connectivity index (χ0n) is 10.6. The van der Waals surface area contributed by atoms with Crippen LogP contribution in [0.1, 0.15) is 33.6 Å². The predicted molar refractivity (Wildman–Crippen MR) is 70.7 cm³/mol. The summed E-state index contributed by atoms with van der Waals surface area (Å²) in [6, 6.07) is 3.28. The summed E-state index contributed by atoms with van der Waals surface area (Å²) in [6.07, 6.45) is 1.52. The van der Waals surface area contributed by atoms with Crippen molar-refractivity contribution in [2.24, 2.45) is 0 Å². The zero-order valence-corrected chi connectivity index (χ0v) is 12.2. The molecule has 0 saturated carbocycles. The standard InChI is InChI=1S/C12H17ClFNO2S/c1-4-7-12(2,3)15-18(16,17)11-8-9(14)5-6-10(11)13/h5-6,8,15H,4,7H2,1-3H3. The van der Waals surface area contributed by atoms with Gasteiger partial charge in [-0.3, -0.25) is 0 Å². The Hall–Kier alpha value is -0.650. The van der Waals surface area contributed by atoms with E-state index in [1.165, 1.54) is 6.07 Å². The van der Waals surface area contributed by atoms with Crippen LogP contribution in [0.3, 0.4) is 0 Å². The van der Waals surface area contributed by atoms with E-state index in [-0.39, 0.29) is 9.92 Å². The van der Waals surface area contributed by atoms with Crippen molar-refractivity contribution in [3.05, 3.63) is 29.0 Å². The lowest BCUT2D eigenvalue weighted by molar-refractivity contribution is 0.417. The second-order valence-electron chi connectivity index (χ2n) is 4.81. The summed E-state index contributed by atoms with van der Waals surface area (Å²) in [5.74, 6) is -0.631. The Kier molecular flexibility index (Phi) is 4.75. The van der Waals surface area contributed by atoms with Gasteiger partial charge in [-0.05, 0) is 38.5 Å². The third kappa shape index (κ3) is 3.93. The predicted octanol–water partition coefficient (Wildman–Crippen LogP) is 3.34. The molecule has 0 bridgehead atoms. The molecule has 3 nitrogen and oxygen atoms in total. The monoisotopic (exact) mass is 293 g/mol. The molecule has 18 heavy (non-hydrogen) atoms. The maximum Gasteiger partial charge on any atom is 0.242 e. The molecule has 0 amide bonds. The van der Waals surface area contributed by atoms with E-state index in [4.69, 9.17) is 11.6 Å². The Balaban J connectivity index is 3.11. The number of hydrogen-bond donors (Lipinski definition) is 1. The van der Waals surface area contributed by atoms with Crippen molar-refractivity contribution in [1.82, 2.24) is 4.72 Å². The second kappa shape index (κ2) is 5.55. The molecule has 0 spiro atoms. The number of benzene rings is 1. The molecule has 0 radical (unpaired) electrons. The van der Waals surface area contributed by atoms with Crippen molar-refractivity contribution < 1.29 is 12.8 Å². The van der Waals surface area contributed by atoms with Gasteiger partial charge in [-0.2, -0.15) is 0 Å². The van der Waals surface area contributed by atoms with Crippen LogP contribution < -0.4 is 4.72 Å². The molecule has 1 rings (SSSR count). The van der Waals surface area contributed by atoms with E-state index in [0.29, 0.717) is 6.42 Å². The summed E-state index contributed by atoms with van der Waals surface area (Å²) < 4.78 is 39.9. The second-order valence-corrected chi connectivity index (χ2v) is 6.87. The lowest BCUT2D eigenvalue weighted by Gasteiger charge is -2.25. The van der Waals surface area contributed by atoms with Crippen molar-refractivity contribution >= 4 is 21.6 Å². The van der Waals surface area contributed by atoms with Crippen LogP contribution in [0.2, 0.25) is 5.02 Å². The summed E-state index contributed by atoms with van der Waals surface area (Å²) in [5.41, 5.74) is -0.594. The fourth-order valence-electron chi connectivity index (χ4n) is 1.78. The highest BCUT2D eigenvalue weighted by Crippen LogP contribution is 2.24. The van der Waals surface area contributed by atoms with E-state index in [9.17, 15) is 12.8 Å². The van der Waals surface area contributed by atoms with Crippen molar-refractivity contribution in [3.8, 4) is 0 Å². The molecule has 0 atom stereocenters. The van der Waals surface area contributed by atoms with Gasteiger partial charge in [0.1, 0.15) is 10.7 Å². The van der Waals surface area contributed by atoms with Gasteiger partial charge in [-0.15, -0.1) is 0 Å². The fourth-order valence-corrected chi connectivity index (χ4v) is 3.73. The number of rotatable bonds is 5. The molecule has 1 N–H and O–H groups in total. The molecule has 0 unspecified atom stereocenters. The average Bonchev–Trinajstić information content (AvgIpc) is 2.19. The molecule has 0 aliphatic carbocycles. The van der Waals surface area contributed by atoms with Gasteiger partial charge >= 0.3 is 0 Å². The van der Waals surface area contributed by atoms with Gasteiger partial charge in [0.25, 0.3) is 0 Å². The Morgan fingerprint density at radius 1 is 1.39 bits per heavy atom. The lowest BCUT2D eigenvalue weighted by Crippen LogP contribution is -2.43. The molecule has 1 aromatic rings. The number of halogens is 2. The molecule has 0 aromatic heterocycles. The van der Waals surface area contributed by atoms with Gasteiger partial charge in [-0.1, -0.05) is 24.9 Å². The topological polar surface area (TPSA) is 46.2 Å². The van der Waals surface area contributed by atoms with Crippen LogP contribution in [-0.2, 0) is 10.0 Å². The number of sulfonamides is 1. The van der Waals surface area contributed by atoms with Crippen LogP contribution in [-0.4, -0.2) is 14.0 Å². The van der Waals surface area contributed by atoms with Crippen molar-refractivity contribution in [2.45, 2.75) is 44.0 Å². The highest BCUT2D eigenvalue weighted by molar-refractivity contribution is 7.89. The average molecular weight is 294 g/mol. The smallest absolute Gasteiger partial charge is 0.207 e. The molecular formula is C12H17ClFNO2S. The summed E-state index contributed by atoms with van der Waals surface area (Å²) in [4.78, 5) is -0.228. The molecule has 1 aromatic carbocycles. The van der Waals surface area contributed by atoms with Crippen LogP contribution >= 0.6 is 11.6 Å². The summed E-state index contributed by atoms with van der Waals surface area (Å²) in [6.45, 7) is 5.52. The first kappa shape index (κ1) is 15.4. The summed E-state index contributed by atoms with van der Waals surface area (Å²) >= 11 is 5.80. The minimum absolute atomic E-state index is 0.0104. The van der Waals surface area contributed by atoms with Gasteiger partial charge in [0.15, 0.2) is 0 Å². The Morgan fingerprint density at radius 3 is 2.56 bits per heavy atom. The van der Waals surface area contributed by atoms with Crippen molar-refractivity contribution in [1.29, 1.82) is 0 Å². The molecule has 0 fully saturated rings. The molecular weight excluding hydrogens is 277 g/mol. The van der Waals surface area contributed by atoms with Gasteiger partial charge in [0.05, 0.1) is 5.02 Å². The van der Waals surface area contributed by atoms with Crippen LogP contribution in [0, 0.1) is 5.82 Å². The number of nitrogens with one attached hydrogen (secondary N) is 1. The maximum absolute atomic E-state index is 13.1. The Labute approximate surface area is 112 Å². The summed E-state index contributed by atoms with van der Waals surface area (Å²) in [5, 5.41) is 0.0104. The van der Waals surface area contributed by atoms with Crippen LogP contribution in [0.5, 0.6) is 0 Å². The van der Waals surface area contributed by atoms with Gasteiger partial charge < -0.3 is 0 Å². The van der Waals surface area contributed by atoms with Crippen LogP contribution in [0.4, 0.5) is 4.39 Å². The largest absolute Gasteiger partial charge is 0.242 e. The van der Waals surface area contributed by atoms with E-state index in [1.807, 2.05) is 6.92 Å². The minimum Gasteiger partial charge on any atom is -0.207 e. The first-order valence-electron chi connectivity index (χ1n) is 5.67. The Bertz CT molecular complexity index is 529. The van der Waals surface area contributed by atoms with Crippen LogP contribution in [0.25, 0.3) is 0 Å². The molecule has 0 aliphatic rings. The maximum atomic E-state index is 13.1. The van der Waals surface area contributed by atoms with Crippen LogP contribution in [0.15, 0.2) is 23.1 Å². The first-order chi connectivity index (χ1) is 8.18. The highest BCUT2D eigenvalue weighted by atomic mass is 35.5. The number of hydrogen-bond acceptors (Lipinski definition) is 2. The first-order valence-corrected chi connectivity index (χ1v) is 7.53. The minimum atomic E-state index is -3.82.